The smallest absolute Gasteiger partial charge is 0.333 e. The maximum absolute atomic E-state index is 14.1. The Morgan fingerprint density at radius 1 is 0.742 bits per heavy atom. The quantitative estimate of drug-likeness (QED) is 0.101. The molecule has 4 aromatic rings. The Kier molecular flexibility index (Phi) is 19.7. The number of nitrogens with two attached hydrogens (primary N) is 1. The van der Waals surface area contributed by atoms with Gasteiger partial charge in [-0.05, 0) is 86.2 Å². The fourth-order valence-corrected chi connectivity index (χ4v) is 7.43. The summed E-state index contributed by atoms with van der Waals surface area (Å²) >= 11 is 0. The van der Waals surface area contributed by atoms with Crippen LogP contribution in [0.1, 0.15) is 127 Å². The molecule has 0 fully saturated rings. The minimum Gasteiger partial charge on any atom is -0.387 e. The molecule has 0 aliphatic carbocycles. The van der Waals surface area contributed by atoms with E-state index in [0.29, 0.717) is 41.3 Å². The molecule has 2 amide bonds. The summed E-state index contributed by atoms with van der Waals surface area (Å²) in [5.74, 6) is -0.0771. The predicted octanol–water partition coefficient (Wildman–Crippen LogP) is 7.22. The highest BCUT2D eigenvalue weighted by Crippen LogP contribution is 2.36. The van der Waals surface area contributed by atoms with Crippen molar-refractivity contribution in [1.82, 2.24) is 34.1 Å². The zero-order valence-electron chi connectivity index (χ0n) is 38.3. The molecule has 0 saturated carbocycles. The van der Waals surface area contributed by atoms with Crippen LogP contribution in [0.4, 0.5) is 19.3 Å². The van der Waals surface area contributed by atoms with Crippen LogP contribution < -0.4 is 19.9 Å². The van der Waals surface area contributed by atoms with E-state index in [1.165, 1.54) is 45.8 Å². The summed E-state index contributed by atoms with van der Waals surface area (Å²) in [6.07, 6.45) is 1.67. The van der Waals surface area contributed by atoms with Gasteiger partial charge in [-0.2, -0.15) is 18.6 Å². The number of rotatable bonds is 15. The lowest BCUT2D eigenvalue weighted by atomic mass is 9.92. The molecule has 4 rings (SSSR count). The molecular formula is C42H64F2N10O6S2. The second-order valence-electron chi connectivity index (χ2n) is 16.1. The fraction of sp³-hybridized carbons (Fsp3) is 0.524. The van der Waals surface area contributed by atoms with E-state index in [9.17, 15) is 30.4 Å². The van der Waals surface area contributed by atoms with Crippen molar-refractivity contribution < 1.29 is 35.1 Å². The number of aromatic nitrogens is 4. The predicted molar refractivity (Wildman–Crippen MR) is 237 cm³/mol. The number of nitrogens with one attached hydrogen (secondary N) is 2. The molecule has 0 spiro atoms. The molecule has 0 bridgehead atoms. The first-order valence-electron chi connectivity index (χ1n) is 20.2. The van der Waals surface area contributed by atoms with E-state index >= 15 is 0 Å². The lowest BCUT2D eigenvalue weighted by Crippen LogP contribution is -2.35. The number of hydrogen-bond acceptors (Lipinski definition) is 11. The average Bonchev–Trinajstić information content (AvgIpc) is 3.74. The summed E-state index contributed by atoms with van der Waals surface area (Å²) < 4.78 is 85.1. The van der Waals surface area contributed by atoms with Crippen molar-refractivity contribution in [2.24, 2.45) is 19.2 Å². The van der Waals surface area contributed by atoms with Gasteiger partial charge in [0, 0.05) is 56.1 Å². The number of carbonyl (C=O) groups excluding carboxylic acids is 1. The topological polar surface area (TPSA) is 211 Å². The number of hydrogen-bond donors (Lipinski definition) is 3. The van der Waals surface area contributed by atoms with Gasteiger partial charge in [0.25, 0.3) is 26.3 Å². The van der Waals surface area contributed by atoms with Crippen LogP contribution in [0.2, 0.25) is 0 Å². The second kappa shape index (κ2) is 22.9. The van der Waals surface area contributed by atoms with Crippen LogP contribution in [0.15, 0.2) is 46.5 Å². The first-order chi connectivity index (χ1) is 28.7. The van der Waals surface area contributed by atoms with E-state index in [1.54, 1.807) is 20.4 Å². The van der Waals surface area contributed by atoms with Crippen molar-refractivity contribution in [2.45, 2.75) is 116 Å². The summed E-state index contributed by atoms with van der Waals surface area (Å²) in [4.78, 5) is 16.7. The van der Waals surface area contributed by atoms with E-state index < -0.39 is 31.9 Å². The molecule has 0 aliphatic heterocycles. The molecule has 20 heteroatoms. The Labute approximate surface area is 366 Å². The van der Waals surface area contributed by atoms with Gasteiger partial charge in [-0.3, -0.25) is 9.36 Å². The third-order valence-electron chi connectivity index (χ3n) is 9.80. The number of halogens is 2. The Hall–Kier alpha value is -4.94. The van der Waals surface area contributed by atoms with Crippen molar-refractivity contribution in [3.05, 3.63) is 81.7 Å². The summed E-state index contributed by atoms with van der Waals surface area (Å²) in [6.45, 7) is 22.2. The SMILES string of the molecule is CC(C)c1cc(F)cc(C(C)C)c1OC#N.CCN(C)Cc1cc(S(=O)(=O)NC(=O)Nc2c(C(C)C)cc(F)cc2C(C)C)nn1C.CCN(C)Cc1cc(S(N)(=O)=O)nn1C. The molecule has 4 N–H and O–H groups in total. The second-order valence-corrected chi connectivity index (χ2v) is 19.3. The van der Waals surface area contributed by atoms with Crippen LogP contribution in [-0.4, -0.2) is 79.4 Å². The van der Waals surface area contributed by atoms with Gasteiger partial charge < -0.3 is 19.9 Å². The Morgan fingerprint density at radius 3 is 1.45 bits per heavy atom. The van der Waals surface area contributed by atoms with Crippen LogP contribution in [0.3, 0.4) is 0 Å². The van der Waals surface area contributed by atoms with Crippen molar-refractivity contribution >= 4 is 31.8 Å². The van der Waals surface area contributed by atoms with E-state index in [-0.39, 0.29) is 39.5 Å². The average molecular weight is 907 g/mol. The van der Waals surface area contributed by atoms with Gasteiger partial charge in [-0.15, -0.1) is 5.26 Å². The van der Waals surface area contributed by atoms with Crippen LogP contribution in [0, 0.1) is 23.2 Å². The van der Waals surface area contributed by atoms with Crippen LogP contribution in [0.25, 0.3) is 0 Å². The third-order valence-corrected chi connectivity index (χ3v) is 11.8. The molecule has 2 heterocycles. The Balaban J connectivity index is 0.000000357. The molecule has 0 aliphatic rings. The first-order valence-corrected chi connectivity index (χ1v) is 23.2. The fourth-order valence-electron chi connectivity index (χ4n) is 5.97. The van der Waals surface area contributed by atoms with Gasteiger partial charge >= 0.3 is 6.03 Å². The number of ether oxygens (including phenoxy) is 1. The monoisotopic (exact) mass is 906 g/mol. The minimum absolute atomic E-state index is 0.0750. The Morgan fingerprint density at radius 2 is 1.11 bits per heavy atom. The molecule has 62 heavy (non-hydrogen) atoms. The zero-order chi connectivity index (χ0) is 47.4. The number of nitrogens with zero attached hydrogens (tertiary/aromatic N) is 7. The zero-order valence-corrected chi connectivity index (χ0v) is 40.0. The minimum atomic E-state index is -4.18. The number of primary sulfonamides is 1. The maximum atomic E-state index is 14.1. The number of benzene rings is 2. The molecule has 0 unspecified atom stereocenters. The van der Waals surface area contributed by atoms with Gasteiger partial charge in [0.2, 0.25) is 0 Å². The van der Waals surface area contributed by atoms with Crippen molar-refractivity contribution in [3.63, 3.8) is 0 Å². The van der Waals surface area contributed by atoms with Crippen molar-refractivity contribution in [2.75, 3.05) is 32.5 Å². The summed E-state index contributed by atoms with van der Waals surface area (Å²) in [5, 5.41) is 23.8. The number of anilines is 1. The number of carbonyl (C=O) groups is 1. The normalized spacial score (nSPS) is 11.8. The summed E-state index contributed by atoms with van der Waals surface area (Å²) in [6, 6.07) is 7.60. The summed E-state index contributed by atoms with van der Waals surface area (Å²) in [5.41, 5.74) is 4.62. The Bertz CT molecular complexity index is 2350. The number of sulfonamides is 2. The largest absolute Gasteiger partial charge is 0.387 e. The highest BCUT2D eigenvalue weighted by Gasteiger charge is 2.25. The van der Waals surface area contributed by atoms with Crippen LogP contribution in [0.5, 0.6) is 5.75 Å². The van der Waals surface area contributed by atoms with Crippen molar-refractivity contribution in [3.8, 4) is 12.0 Å². The molecule has 2 aromatic heterocycles. The van der Waals surface area contributed by atoms with Crippen molar-refractivity contribution in [1.29, 1.82) is 5.26 Å². The molecule has 0 atom stereocenters. The molecule has 0 radical (unpaired) electrons. The lowest BCUT2D eigenvalue weighted by Gasteiger charge is -2.20. The molecule has 0 saturated heterocycles. The van der Waals surface area contributed by atoms with Crippen LogP contribution in [-0.2, 0) is 47.2 Å². The highest BCUT2D eigenvalue weighted by atomic mass is 32.2. The van der Waals surface area contributed by atoms with Gasteiger partial charge in [0.1, 0.15) is 17.4 Å². The number of aryl methyl sites for hydroxylation is 2. The molecule has 16 nitrogen and oxygen atoms in total. The number of nitriles is 1. The lowest BCUT2D eigenvalue weighted by molar-refractivity contribution is 0.256. The highest BCUT2D eigenvalue weighted by molar-refractivity contribution is 7.90. The molecular weight excluding hydrogens is 843 g/mol. The van der Waals surface area contributed by atoms with E-state index in [1.807, 2.05) is 97.9 Å². The number of amides is 2. The van der Waals surface area contributed by atoms with Gasteiger partial charge in [-0.25, -0.2) is 31.9 Å². The van der Waals surface area contributed by atoms with Crippen LogP contribution >= 0.6 is 0 Å². The molecule has 2 aromatic carbocycles. The standard InChI is InChI=1S/C21H32FN5O3S.C13H16FNO.C8H16N4O2S/c1-8-26(6)12-16-11-19(24-27(16)7)31(29,30)25-21(28)23-20-17(13(2)3)9-15(22)10-18(20)14(4)5;1-8(2)11-5-10(14)6-12(9(3)4)13(11)16-7-15;1-4-11(2)6-7-5-8(10-12(7)3)15(9,13)14/h9-11,13-14H,8,12H2,1-7H3,(H2,23,25,28);5-6,8-9H,1-4H3;5H,4,6H2,1-3H3,(H2,9,13,14). The third kappa shape index (κ3) is 15.1. The molecule has 344 valence electrons. The summed E-state index contributed by atoms with van der Waals surface area (Å²) in [7, 11) is -0.668. The van der Waals surface area contributed by atoms with E-state index in [0.717, 1.165) is 29.9 Å². The number of urea groups is 1. The van der Waals surface area contributed by atoms with Gasteiger partial charge in [-0.1, -0.05) is 69.2 Å². The maximum Gasteiger partial charge on any atom is 0.333 e. The van der Waals surface area contributed by atoms with E-state index in [2.05, 4.69) is 15.5 Å². The van der Waals surface area contributed by atoms with Gasteiger partial charge in [0.05, 0.1) is 11.4 Å². The van der Waals surface area contributed by atoms with Gasteiger partial charge in [0.15, 0.2) is 10.1 Å². The van der Waals surface area contributed by atoms with E-state index in [4.69, 9.17) is 15.1 Å². The first kappa shape index (κ1) is 53.2.